The number of pyridine rings is 1. The van der Waals surface area contributed by atoms with Crippen molar-refractivity contribution in [3.8, 4) is 11.3 Å². The molecule has 0 radical (unpaired) electrons. The van der Waals surface area contributed by atoms with Crippen LogP contribution < -0.4 is 11.3 Å². The number of nitrogens with two attached hydrogens (primary N) is 1. The first-order chi connectivity index (χ1) is 14.3. The van der Waals surface area contributed by atoms with Gasteiger partial charge in [-0.2, -0.15) is 0 Å². The number of likely N-dealkylation sites (N-methyl/N-ethyl adjacent to an activating group) is 1. The summed E-state index contributed by atoms with van der Waals surface area (Å²) in [7, 11) is 5.39. The molecule has 2 N–H and O–H groups in total. The van der Waals surface area contributed by atoms with Gasteiger partial charge in [-0.1, -0.05) is 12.1 Å². The van der Waals surface area contributed by atoms with Crippen molar-refractivity contribution in [2.24, 2.45) is 17.8 Å². The SMILES string of the molecule is CCn1ccc2c(cc(-c3ccc4c(c3)N=C(N)CC(C(=O)N(C)C)=C4)n2C)c1=O. The highest BCUT2D eigenvalue weighted by Crippen LogP contribution is 2.33. The molecule has 0 unspecified atom stereocenters. The summed E-state index contributed by atoms with van der Waals surface area (Å²) in [5.74, 6) is 0.321. The summed E-state index contributed by atoms with van der Waals surface area (Å²) < 4.78 is 3.71. The topological polar surface area (TPSA) is 85.6 Å². The second-order valence-electron chi connectivity index (χ2n) is 7.72. The fourth-order valence-corrected chi connectivity index (χ4v) is 3.87. The zero-order valence-corrected chi connectivity index (χ0v) is 17.6. The lowest BCUT2D eigenvalue weighted by molar-refractivity contribution is -0.124. The van der Waals surface area contributed by atoms with Crippen molar-refractivity contribution in [2.75, 3.05) is 14.1 Å². The summed E-state index contributed by atoms with van der Waals surface area (Å²) in [4.78, 5) is 31.2. The lowest BCUT2D eigenvalue weighted by Crippen LogP contribution is -2.25. The van der Waals surface area contributed by atoms with Crippen LogP contribution in [0.25, 0.3) is 28.2 Å². The lowest BCUT2D eigenvalue weighted by Gasteiger charge is -2.12. The molecule has 0 fully saturated rings. The van der Waals surface area contributed by atoms with E-state index in [0.29, 0.717) is 35.4 Å². The monoisotopic (exact) mass is 403 g/mol. The summed E-state index contributed by atoms with van der Waals surface area (Å²) in [6.07, 6.45) is 3.99. The van der Waals surface area contributed by atoms with Gasteiger partial charge in [-0.05, 0) is 31.2 Å². The Morgan fingerprint density at radius 1 is 1.23 bits per heavy atom. The Morgan fingerprint density at radius 3 is 2.70 bits per heavy atom. The van der Waals surface area contributed by atoms with Gasteiger partial charge in [0.05, 0.1) is 16.6 Å². The van der Waals surface area contributed by atoms with E-state index in [1.54, 1.807) is 18.7 Å². The second-order valence-corrected chi connectivity index (χ2v) is 7.72. The molecule has 1 aliphatic heterocycles. The first kappa shape index (κ1) is 19.7. The molecule has 0 saturated heterocycles. The van der Waals surface area contributed by atoms with Gasteiger partial charge in [0.15, 0.2) is 0 Å². The van der Waals surface area contributed by atoms with E-state index in [9.17, 15) is 9.59 Å². The second kappa shape index (κ2) is 7.33. The van der Waals surface area contributed by atoms with Crippen molar-refractivity contribution in [2.45, 2.75) is 19.9 Å². The van der Waals surface area contributed by atoms with Crippen molar-refractivity contribution in [3.63, 3.8) is 0 Å². The summed E-state index contributed by atoms with van der Waals surface area (Å²) in [5, 5.41) is 0.688. The van der Waals surface area contributed by atoms with Gasteiger partial charge in [0, 0.05) is 62.7 Å². The Kier molecular flexibility index (Phi) is 4.81. The Labute approximate surface area is 174 Å². The smallest absolute Gasteiger partial charge is 0.259 e. The summed E-state index contributed by atoms with van der Waals surface area (Å²) >= 11 is 0. The number of hydrogen-bond acceptors (Lipinski definition) is 4. The number of carbonyl (C=O) groups is 1. The number of amidine groups is 1. The minimum atomic E-state index is -0.0778. The molecule has 0 atom stereocenters. The van der Waals surface area contributed by atoms with E-state index in [-0.39, 0.29) is 11.5 Å². The molecule has 154 valence electrons. The maximum Gasteiger partial charge on any atom is 0.259 e. The number of aromatic nitrogens is 2. The van der Waals surface area contributed by atoms with E-state index in [4.69, 9.17) is 5.73 Å². The highest BCUT2D eigenvalue weighted by molar-refractivity contribution is 6.05. The van der Waals surface area contributed by atoms with Crippen molar-refractivity contribution >= 4 is 34.4 Å². The minimum absolute atomic E-state index is 0.00338. The number of rotatable bonds is 3. The Balaban J connectivity index is 1.85. The molecule has 0 aliphatic carbocycles. The average molecular weight is 403 g/mol. The van der Waals surface area contributed by atoms with Gasteiger partial charge >= 0.3 is 0 Å². The Hall–Kier alpha value is -3.61. The van der Waals surface area contributed by atoms with Gasteiger partial charge in [0.25, 0.3) is 5.56 Å². The van der Waals surface area contributed by atoms with Crippen LogP contribution in [-0.2, 0) is 18.4 Å². The van der Waals surface area contributed by atoms with Crippen LogP contribution in [0.1, 0.15) is 18.9 Å². The molecule has 7 nitrogen and oxygen atoms in total. The molecule has 0 bridgehead atoms. The van der Waals surface area contributed by atoms with E-state index in [1.807, 2.05) is 61.1 Å². The van der Waals surface area contributed by atoms with Gasteiger partial charge in [-0.15, -0.1) is 0 Å². The van der Waals surface area contributed by atoms with Crippen molar-refractivity contribution in [3.05, 3.63) is 58.0 Å². The lowest BCUT2D eigenvalue weighted by atomic mass is 10.0. The maximum absolute atomic E-state index is 12.7. The van der Waals surface area contributed by atoms with Crippen LogP contribution in [0.5, 0.6) is 0 Å². The first-order valence-corrected chi connectivity index (χ1v) is 9.88. The standard InChI is InChI=1S/C23H25N5O2/c1-5-28-9-8-19-17(23(28)30)13-20(27(19)4)15-7-6-14-10-16(22(29)26(2)3)12-21(24)25-18(14)11-15/h6-11,13H,5,12H2,1-4H3,(H2,24,25). The quantitative estimate of drug-likeness (QED) is 0.730. The Morgan fingerprint density at radius 2 is 2.00 bits per heavy atom. The third-order valence-electron chi connectivity index (χ3n) is 5.50. The normalized spacial score (nSPS) is 13.5. The number of amides is 1. The van der Waals surface area contributed by atoms with Crippen molar-refractivity contribution in [1.82, 2.24) is 14.0 Å². The number of carbonyl (C=O) groups excluding carboxylic acids is 1. The third kappa shape index (κ3) is 3.22. The number of fused-ring (bicyclic) bond motifs is 2. The zero-order valence-electron chi connectivity index (χ0n) is 17.6. The van der Waals surface area contributed by atoms with Crippen LogP contribution in [0.15, 0.2) is 51.9 Å². The molecule has 4 rings (SSSR count). The predicted octanol–water partition coefficient (Wildman–Crippen LogP) is 2.89. The first-order valence-electron chi connectivity index (χ1n) is 9.88. The number of hydrogen-bond donors (Lipinski definition) is 1. The summed E-state index contributed by atoms with van der Waals surface area (Å²) in [5.41, 5.74) is 11.0. The molecular weight excluding hydrogens is 378 g/mol. The van der Waals surface area contributed by atoms with Gasteiger partial charge in [0.2, 0.25) is 5.91 Å². The number of benzene rings is 1. The molecule has 1 amide bonds. The predicted molar refractivity (Wildman–Crippen MR) is 121 cm³/mol. The minimum Gasteiger partial charge on any atom is -0.387 e. The van der Waals surface area contributed by atoms with Crippen LogP contribution in [0.3, 0.4) is 0 Å². The van der Waals surface area contributed by atoms with E-state index in [0.717, 1.165) is 22.3 Å². The molecule has 2 aromatic heterocycles. The zero-order chi connectivity index (χ0) is 21.6. The fraction of sp³-hybridized carbons (Fsp3) is 0.261. The van der Waals surface area contributed by atoms with Crippen LogP contribution in [-0.4, -0.2) is 39.9 Å². The Bertz CT molecular complexity index is 1290. The van der Waals surface area contributed by atoms with Gasteiger partial charge in [-0.25, -0.2) is 4.99 Å². The molecule has 3 heterocycles. The van der Waals surface area contributed by atoms with Crippen LogP contribution in [0.2, 0.25) is 0 Å². The van der Waals surface area contributed by atoms with Gasteiger partial charge < -0.3 is 19.8 Å². The van der Waals surface area contributed by atoms with E-state index in [2.05, 4.69) is 4.99 Å². The third-order valence-corrected chi connectivity index (χ3v) is 5.50. The van der Waals surface area contributed by atoms with Gasteiger partial charge in [0.1, 0.15) is 5.84 Å². The molecule has 0 saturated carbocycles. The van der Waals surface area contributed by atoms with E-state index in [1.165, 1.54) is 4.90 Å². The highest BCUT2D eigenvalue weighted by Gasteiger charge is 2.19. The number of aliphatic imine (C=N–C) groups is 1. The summed E-state index contributed by atoms with van der Waals surface area (Å²) in [6, 6.07) is 9.76. The van der Waals surface area contributed by atoms with Crippen LogP contribution in [0.4, 0.5) is 5.69 Å². The molecule has 30 heavy (non-hydrogen) atoms. The largest absolute Gasteiger partial charge is 0.387 e. The average Bonchev–Trinajstić information content (AvgIpc) is 2.95. The molecule has 3 aromatic rings. The number of nitrogens with zero attached hydrogens (tertiary/aromatic N) is 4. The van der Waals surface area contributed by atoms with Crippen LogP contribution in [0, 0.1) is 0 Å². The maximum atomic E-state index is 12.7. The molecule has 0 spiro atoms. The van der Waals surface area contributed by atoms with E-state index < -0.39 is 0 Å². The van der Waals surface area contributed by atoms with Gasteiger partial charge in [-0.3, -0.25) is 9.59 Å². The molecular formula is C23H25N5O2. The van der Waals surface area contributed by atoms with Crippen LogP contribution >= 0.6 is 0 Å². The summed E-state index contributed by atoms with van der Waals surface area (Å²) in [6.45, 7) is 2.58. The van der Waals surface area contributed by atoms with Crippen molar-refractivity contribution in [1.29, 1.82) is 0 Å². The van der Waals surface area contributed by atoms with Crippen molar-refractivity contribution < 1.29 is 4.79 Å². The highest BCUT2D eigenvalue weighted by atomic mass is 16.2. The van der Waals surface area contributed by atoms with E-state index >= 15 is 0 Å². The molecule has 1 aliphatic rings. The molecule has 1 aromatic carbocycles. The molecule has 7 heteroatoms. The fourth-order valence-electron chi connectivity index (χ4n) is 3.87. The number of aryl methyl sites for hydroxylation is 2.